The standard InChI is InChI=1S/C19H21NO7S/c1-4-27-16-9-11-17(12-10-16)28(23,24)20(13-18(21)25-2)15-7-5-14(6-8-15)19(22)26-3/h5-12H,4,13H2,1-3H3. The number of nitrogens with zero attached hydrogens (tertiary/aromatic N) is 1. The summed E-state index contributed by atoms with van der Waals surface area (Å²) in [6.45, 7) is 1.75. The van der Waals surface area contributed by atoms with Crippen molar-refractivity contribution in [2.24, 2.45) is 0 Å². The second-order valence-electron chi connectivity index (χ2n) is 5.53. The monoisotopic (exact) mass is 407 g/mol. The average Bonchev–Trinajstić information content (AvgIpc) is 2.72. The van der Waals surface area contributed by atoms with Gasteiger partial charge in [-0.05, 0) is 55.5 Å². The minimum Gasteiger partial charge on any atom is -0.494 e. The molecule has 0 unspecified atom stereocenters. The van der Waals surface area contributed by atoms with E-state index < -0.39 is 28.5 Å². The van der Waals surface area contributed by atoms with Crippen molar-refractivity contribution < 1.29 is 32.2 Å². The number of rotatable bonds is 8. The Labute approximate surface area is 163 Å². The maximum atomic E-state index is 13.1. The Morgan fingerprint density at radius 3 is 2.04 bits per heavy atom. The van der Waals surface area contributed by atoms with Crippen LogP contribution in [0.2, 0.25) is 0 Å². The number of hydrogen-bond acceptors (Lipinski definition) is 7. The van der Waals surface area contributed by atoms with E-state index in [1.165, 1.54) is 62.8 Å². The lowest BCUT2D eigenvalue weighted by atomic mass is 10.2. The van der Waals surface area contributed by atoms with Gasteiger partial charge in [-0.2, -0.15) is 0 Å². The summed E-state index contributed by atoms with van der Waals surface area (Å²) in [5, 5.41) is 0. The molecule has 0 N–H and O–H groups in total. The van der Waals surface area contributed by atoms with Crippen molar-refractivity contribution in [3.63, 3.8) is 0 Å². The molecule has 0 atom stereocenters. The SMILES string of the molecule is CCOc1ccc(S(=O)(=O)N(CC(=O)OC)c2ccc(C(=O)OC)cc2)cc1. The Bertz CT molecular complexity index is 922. The van der Waals surface area contributed by atoms with Gasteiger partial charge in [0.15, 0.2) is 0 Å². The van der Waals surface area contributed by atoms with Gasteiger partial charge in [0.2, 0.25) is 0 Å². The van der Waals surface area contributed by atoms with Gasteiger partial charge in [0.05, 0.1) is 37.0 Å². The molecule has 0 fully saturated rings. The molecule has 0 aliphatic heterocycles. The Balaban J connectivity index is 2.43. The quantitative estimate of drug-likeness (QED) is 0.619. The molecule has 0 aromatic heterocycles. The van der Waals surface area contributed by atoms with Gasteiger partial charge in [-0.3, -0.25) is 9.10 Å². The highest BCUT2D eigenvalue weighted by Crippen LogP contribution is 2.25. The van der Waals surface area contributed by atoms with E-state index in [1.54, 1.807) is 0 Å². The smallest absolute Gasteiger partial charge is 0.337 e. The van der Waals surface area contributed by atoms with E-state index in [0.717, 1.165) is 4.31 Å². The summed E-state index contributed by atoms with van der Waals surface area (Å²) in [5.41, 5.74) is 0.453. The molecule has 0 saturated heterocycles. The molecule has 0 radical (unpaired) electrons. The normalized spacial score (nSPS) is 10.8. The molecular weight excluding hydrogens is 386 g/mol. The molecule has 0 spiro atoms. The average molecular weight is 407 g/mol. The Hall–Kier alpha value is -3.07. The van der Waals surface area contributed by atoms with Gasteiger partial charge in [0, 0.05) is 0 Å². The van der Waals surface area contributed by atoms with Gasteiger partial charge in [0.25, 0.3) is 10.0 Å². The molecule has 0 amide bonds. The van der Waals surface area contributed by atoms with E-state index in [-0.39, 0.29) is 16.1 Å². The topological polar surface area (TPSA) is 99.2 Å². The summed E-state index contributed by atoms with van der Waals surface area (Å²) in [6, 6.07) is 11.5. The number of esters is 2. The summed E-state index contributed by atoms with van der Waals surface area (Å²) in [7, 11) is -1.65. The second-order valence-corrected chi connectivity index (χ2v) is 7.39. The number of carbonyl (C=O) groups is 2. The zero-order valence-corrected chi connectivity index (χ0v) is 16.6. The highest BCUT2D eigenvalue weighted by atomic mass is 32.2. The predicted molar refractivity (Wildman–Crippen MR) is 102 cm³/mol. The van der Waals surface area contributed by atoms with Crippen LogP contribution in [0.25, 0.3) is 0 Å². The summed E-state index contributed by atoms with van der Waals surface area (Å²) < 4.78 is 41.7. The first-order valence-electron chi connectivity index (χ1n) is 8.34. The van der Waals surface area contributed by atoms with Crippen LogP contribution >= 0.6 is 0 Å². The first-order valence-corrected chi connectivity index (χ1v) is 9.78. The van der Waals surface area contributed by atoms with Crippen LogP contribution in [0, 0.1) is 0 Å². The van der Waals surface area contributed by atoms with Gasteiger partial charge in [-0.1, -0.05) is 0 Å². The zero-order chi connectivity index (χ0) is 20.7. The number of hydrogen-bond donors (Lipinski definition) is 0. The Morgan fingerprint density at radius 2 is 1.54 bits per heavy atom. The second kappa shape index (κ2) is 9.23. The molecule has 2 aromatic carbocycles. The van der Waals surface area contributed by atoms with Gasteiger partial charge in [-0.25, -0.2) is 13.2 Å². The van der Waals surface area contributed by atoms with Crippen molar-refractivity contribution in [1.29, 1.82) is 0 Å². The summed E-state index contributed by atoms with van der Waals surface area (Å²) in [6.07, 6.45) is 0. The molecule has 28 heavy (non-hydrogen) atoms. The van der Waals surface area contributed by atoms with Crippen LogP contribution in [0.3, 0.4) is 0 Å². The molecule has 0 aliphatic rings. The van der Waals surface area contributed by atoms with Crippen molar-refractivity contribution >= 4 is 27.6 Å². The number of methoxy groups -OCH3 is 2. The molecule has 0 bridgehead atoms. The fraction of sp³-hybridized carbons (Fsp3) is 0.263. The van der Waals surface area contributed by atoms with Crippen LogP contribution in [-0.2, 0) is 24.3 Å². The number of ether oxygens (including phenoxy) is 3. The van der Waals surface area contributed by atoms with Crippen LogP contribution in [0.15, 0.2) is 53.4 Å². The first-order chi connectivity index (χ1) is 13.3. The number of benzene rings is 2. The fourth-order valence-corrected chi connectivity index (χ4v) is 3.79. The summed E-state index contributed by atoms with van der Waals surface area (Å²) in [4.78, 5) is 23.4. The molecule has 0 heterocycles. The Kier molecular flexibility index (Phi) is 7.00. The molecule has 0 aliphatic carbocycles. The van der Waals surface area contributed by atoms with E-state index in [9.17, 15) is 18.0 Å². The molecule has 9 heteroatoms. The minimum absolute atomic E-state index is 0.0168. The Morgan fingerprint density at radius 1 is 0.929 bits per heavy atom. The number of sulfonamides is 1. The molecule has 2 rings (SSSR count). The highest BCUT2D eigenvalue weighted by molar-refractivity contribution is 7.92. The van der Waals surface area contributed by atoms with Gasteiger partial charge >= 0.3 is 11.9 Å². The van der Waals surface area contributed by atoms with E-state index in [4.69, 9.17) is 4.74 Å². The molecule has 2 aromatic rings. The van der Waals surface area contributed by atoms with Crippen LogP contribution in [0.1, 0.15) is 17.3 Å². The maximum Gasteiger partial charge on any atom is 0.337 e. The van der Waals surface area contributed by atoms with Crippen molar-refractivity contribution in [2.75, 3.05) is 31.7 Å². The summed E-state index contributed by atoms with van der Waals surface area (Å²) >= 11 is 0. The number of anilines is 1. The van der Waals surface area contributed by atoms with E-state index in [1.807, 2.05) is 6.92 Å². The predicted octanol–water partition coefficient (Wildman–Crippen LogP) is 2.24. The summed E-state index contributed by atoms with van der Waals surface area (Å²) in [5.74, 6) is -0.754. The lowest BCUT2D eigenvalue weighted by molar-refractivity contribution is -0.138. The highest BCUT2D eigenvalue weighted by Gasteiger charge is 2.28. The lowest BCUT2D eigenvalue weighted by Gasteiger charge is -2.23. The van der Waals surface area contributed by atoms with Crippen LogP contribution in [0.4, 0.5) is 5.69 Å². The van der Waals surface area contributed by atoms with Crippen LogP contribution in [-0.4, -0.2) is 47.7 Å². The van der Waals surface area contributed by atoms with E-state index >= 15 is 0 Å². The van der Waals surface area contributed by atoms with E-state index in [2.05, 4.69) is 9.47 Å². The zero-order valence-electron chi connectivity index (χ0n) is 15.7. The fourth-order valence-electron chi connectivity index (χ4n) is 2.38. The third kappa shape index (κ3) is 4.80. The minimum atomic E-state index is -4.07. The largest absolute Gasteiger partial charge is 0.494 e. The molecule has 150 valence electrons. The molecular formula is C19H21NO7S. The van der Waals surface area contributed by atoms with Crippen molar-refractivity contribution in [1.82, 2.24) is 0 Å². The van der Waals surface area contributed by atoms with Gasteiger partial charge in [-0.15, -0.1) is 0 Å². The lowest BCUT2D eigenvalue weighted by Crippen LogP contribution is -2.36. The molecule has 0 saturated carbocycles. The van der Waals surface area contributed by atoms with Crippen molar-refractivity contribution in [3.8, 4) is 5.75 Å². The maximum absolute atomic E-state index is 13.1. The third-order valence-corrected chi connectivity index (χ3v) is 5.59. The number of carbonyl (C=O) groups excluding carboxylic acids is 2. The van der Waals surface area contributed by atoms with Crippen molar-refractivity contribution in [2.45, 2.75) is 11.8 Å². The molecule has 8 nitrogen and oxygen atoms in total. The van der Waals surface area contributed by atoms with Gasteiger partial charge < -0.3 is 14.2 Å². The third-order valence-electron chi connectivity index (χ3n) is 3.80. The first kappa shape index (κ1) is 21.2. The van der Waals surface area contributed by atoms with Crippen LogP contribution < -0.4 is 9.04 Å². The van der Waals surface area contributed by atoms with Crippen molar-refractivity contribution in [3.05, 3.63) is 54.1 Å². The van der Waals surface area contributed by atoms with Gasteiger partial charge in [0.1, 0.15) is 12.3 Å². The van der Waals surface area contributed by atoms with E-state index in [0.29, 0.717) is 12.4 Å². The van der Waals surface area contributed by atoms with Crippen LogP contribution in [0.5, 0.6) is 5.75 Å².